The maximum absolute atomic E-state index is 3.85. The molecule has 0 aliphatic heterocycles. The van der Waals surface area contributed by atoms with Crippen LogP contribution in [0.1, 0.15) is 62.6 Å². The van der Waals surface area contributed by atoms with Gasteiger partial charge in [0.05, 0.1) is 0 Å². The van der Waals surface area contributed by atoms with E-state index in [1.165, 1.54) is 67.1 Å². The Morgan fingerprint density at radius 3 is 2.84 bits per heavy atom. The largest absolute Gasteiger partial charge is 0.309 e. The molecule has 1 saturated carbocycles. The smallest absolute Gasteiger partial charge is 0.0326 e. The summed E-state index contributed by atoms with van der Waals surface area (Å²) in [5.41, 5.74) is 3.58. The molecule has 0 heterocycles. The molecule has 3 rings (SSSR count). The van der Waals surface area contributed by atoms with E-state index < -0.39 is 0 Å². The second-order valence-corrected chi connectivity index (χ2v) is 7.51. The standard InChI is InChI=1S/C17H24BrN/c1-17(10-3-2-4-11-17)12-19-16-9-8-13-14(16)6-5-7-15(13)18/h5-7,16,19H,2-4,8-12H2,1H3. The van der Waals surface area contributed by atoms with Crippen molar-refractivity contribution in [3.63, 3.8) is 0 Å². The normalized spacial score (nSPS) is 25.3. The van der Waals surface area contributed by atoms with E-state index in [4.69, 9.17) is 0 Å². The number of benzene rings is 1. The van der Waals surface area contributed by atoms with Gasteiger partial charge in [0.1, 0.15) is 0 Å². The quantitative estimate of drug-likeness (QED) is 0.826. The van der Waals surface area contributed by atoms with Crippen LogP contribution < -0.4 is 5.32 Å². The molecular weight excluding hydrogens is 298 g/mol. The highest BCUT2D eigenvalue weighted by Gasteiger charge is 2.29. The Labute approximate surface area is 125 Å². The summed E-state index contributed by atoms with van der Waals surface area (Å²) in [5.74, 6) is 0. The van der Waals surface area contributed by atoms with Crippen molar-refractivity contribution in [3.05, 3.63) is 33.8 Å². The predicted octanol–water partition coefficient (Wildman–Crippen LogP) is 5.00. The van der Waals surface area contributed by atoms with Gasteiger partial charge in [0.2, 0.25) is 0 Å². The Morgan fingerprint density at radius 2 is 2.05 bits per heavy atom. The summed E-state index contributed by atoms with van der Waals surface area (Å²) in [6.07, 6.45) is 9.56. The molecule has 2 aliphatic rings. The fraction of sp³-hybridized carbons (Fsp3) is 0.647. The Bertz CT molecular complexity index is 449. The van der Waals surface area contributed by atoms with E-state index in [-0.39, 0.29) is 0 Å². The average Bonchev–Trinajstić information content (AvgIpc) is 2.82. The summed E-state index contributed by atoms with van der Waals surface area (Å²) >= 11 is 3.69. The summed E-state index contributed by atoms with van der Waals surface area (Å²) < 4.78 is 1.29. The first-order valence-corrected chi connectivity index (χ1v) is 8.48. The molecule has 0 spiro atoms. The molecule has 2 heteroatoms. The molecular formula is C17H24BrN. The van der Waals surface area contributed by atoms with Crippen molar-refractivity contribution < 1.29 is 0 Å². The van der Waals surface area contributed by atoms with Crippen LogP contribution in [0.25, 0.3) is 0 Å². The highest BCUT2D eigenvalue weighted by molar-refractivity contribution is 9.10. The van der Waals surface area contributed by atoms with E-state index in [9.17, 15) is 0 Å². The van der Waals surface area contributed by atoms with Crippen LogP contribution >= 0.6 is 15.9 Å². The number of hydrogen-bond acceptors (Lipinski definition) is 1. The second kappa shape index (κ2) is 5.57. The molecule has 0 aromatic heterocycles. The molecule has 1 aromatic carbocycles. The highest BCUT2D eigenvalue weighted by atomic mass is 79.9. The number of fused-ring (bicyclic) bond motifs is 1. The van der Waals surface area contributed by atoms with Crippen LogP contribution in [-0.2, 0) is 6.42 Å². The topological polar surface area (TPSA) is 12.0 Å². The minimum absolute atomic E-state index is 0.535. The Hall–Kier alpha value is -0.340. The van der Waals surface area contributed by atoms with Crippen LogP contribution in [0, 0.1) is 5.41 Å². The lowest BCUT2D eigenvalue weighted by molar-refractivity contribution is 0.200. The van der Waals surface area contributed by atoms with E-state index in [1.54, 1.807) is 0 Å². The van der Waals surface area contributed by atoms with Crippen LogP contribution in [0.2, 0.25) is 0 Å². The third kappa shape index (κ3) is 2.90. The number of halogens is 1. The second-order valence-electron chi connectivity index (χ2n) is 6.65. The van der Waals surface area contributed by atoms with Gasteiger partial charge in [-0.1, -0.05) is 54.2 Å². The van der Waals surface area contributed by atoms with Crippen molar-refractivity contribution in [2.45, 2.75) is 57.9 Å². The molecule has 0 saturated heterocycles. The first-order chi connectivity index (χ1) is 9.18. The third-order valence-electron chi connectivity index (χ3n) is 5.05. The van der Waals surface area contributed by atoms with Crippen LogP contribution in [0.15, 0.2) is 22.7 Å². The fourth-order valence-corrected chi connectivity index (χ4v) is 4.35. The summed E-state index contributed by atoms with van der Waals surface area (Å²) in [4.78, 5) is 0. The molecule has 0 amide bonds. The zero-order chi connectivity index (χ0) is 13.3. The summed E-state index contributed by atoms with van der Waals surface area (Å²) in [6.45, 7) is 3.65. The zero-order valence-corrected chi connectivity index (χ0v) is 13.4. The monoisotopic (exact) mass is 321 g/mol. The SMILES string of the molecule is CC1(CNC2CCc3c(Br)cccc32)CCCCC1. The molecule has 1 N–H and O–H groups in total. The Kier molecular flexibility index (Phi) is 4.00. The molecule has 19 heavy (non-hydrogen) atoms. The zero-order valence-electron chi connectivity index (χ0n) is 11.8. The van der Waals surface area contributed by atoms with Crippen LogP contribution in [0.4, 0.5) is 0 Å². The van der Waals surface area contributed by atoms with Crippen molar-refractivity contribution in [3.8, 4) is 0 Å². The molecule has 1 fully saturated rings. The van der Waals surface area contributed by atoms with Gasteiger partial charge >= 0.3 is 0 Å². The van der Waals surface area contributed by atoms with Crippen LogP contribution in [0.3, 0.4) is 0 Å². The maximum Gasteiger partial charge on any atom is 0.0326 e. The Balaban J connectivity index is 1.65. The van der Waals surface area contributed by atoms with Crippen molar-refractivity contribution >= 4 is 15.9 Å². The van der Waals surface area contributed by atoms with Crippen LogP contribution in [0.5, 0.6) is 0 Å². The molecule has 0 bridgehead atoms. The molecule has 1 aromatic rings. The molecule has 2 aliphatic carbocycles. The van der Waals surface area contributed by atoms with Gasteiger partial charge in [-0.25, -0.2) is 0 Å². The lowest BCUT2D eigenvalue weighted by Gasteiger charge is -2.35. The number of rotatable bonds is 3. The Morgan fingerprint density at radius 1 is 1.26 bits per heavy atom. The first kappa shape index (κ1) is 13.6. The first-order valence-electron chi connectivity index (χ1n) is 7.69. The molecule has 104 valence electrons. The summed E-state index contributed by atoms with van der Waals surface area (Å²) in [7, 11) is 0. The summed E-state index contributed by atoms with van der Waals surface area (Å²) in [5, 5.41) is 3.85. The van der Waals surface area contributed by atoms with E-state index in [0.717, 1.165) is 0 Å². The molecule has 0 radical (unpaired) electrons. The molecule has 1 unspecified atom stereocenters. The predicted molar refractivity (Wildman–Crippen MR) is 84.4 cm³/mol. The van der Waals surface area contributed by atoms with Gasteiger partial charge in [-0.05, 0) is 48.3 Å². The van der Waals surface area contributed by atoms with Crippen molar-refractivity contribution in [1.82, 2.24) is 5.32 Å². The minimum atomic E-state index is 0.535. The number of nitrogens with one attached hydrogen (secondary N) is 1. The van der Waals surface area contributed by atoms with E-state index in [0.29, 0.717) is 11.5 Å². The van der Waals surface area contributed by atoms with Gasteiger partial charge in [0.15, 0.2) is 0 Å². The van der Waals surface area contributed by atoms with Crippen molar-refractivity contribution in [2.24, 2.45) is 5.41 Å². The van der Waals surface area contributed by atoms with Crippen molar-refractivity contribution in [2.75, 3.05) is 6.54 Å². The van der Waals surface area contributed by atoms with Gasteiger partial charge in [-0.3, -0.25) is 0 Å². The van der Waals surface area contributed by atoms with E-state index >= 15 is 0 Å². The highest BCUT2D eigenvalue weighted by Crippen LogP contribution is 2.38. The number of hydrogen-bond donors (Lipinski definition) is 1. The lowest BCUT2D eigenvalue weighted by atomic mass is 9.75. The summed E-state index contributed by atoms with van der Waals surface area (Å²) in [6, 6.07) is 7.22. The van der Waals surface area contributed by atoms with Crippen LogP contribution in [-0.4, -0.2) is 6.54 Å². The van der Waals surface area contributed by atoms with Gasteiger partial charge in [0.25, 0.3) is 0 Å². The van der Waals surface area contributed by atoms with Crippen molar-refractivity contribution in [1.29, 1.82) is 0 Å². The third-order valence-corrected chi connectivity index (χ3v) is 5.79. The molecule has 1 atom stereocenters. The van der Waals surface area contributed by atoms with E-state index in [2.05, 4.69) is 46.4 Å². The van der Waals surface area contributed by atoms with Gasteiger partial charge in [-0.2, -0.15) is 0 Å². The van der Waals surface area contributed by atoms with Gasteiger partial charge in [0, 0.05) is 17.1 Å². The molecule has 1 nitrogen and oxygen atoms in total. The lowest BCUT2D eigenvalue weighted by Crippen LogP contribution is -2.35. The maximum atomic E-state index is 3.85. The fourth-order valence-electron chi connectivity index (χ4n) is 3.77. The van der Waals surface area contributed by atoms with Gasteiger partial charge < -0.3 is 5.32 Å². The minimum Gasteiger partial charge on any atom is -0.309 e. The van der Waals surface area contributed by atoms with E-state index in [1.807, 2.05) is 0 Å². The van der Waals surface area contributed by atoms with Gasteiger partial charge in [-0.15, -0.1) is 0 Å². The average molecular weight is 322 g/mol.